The molecule has 5 rings (SSSR count). The first-order valence-corrected chi connectivity index (χ1v) is 11.3. The van der Waals surface area contributed by atoms with Crippen molar-refractivity contribution in [1.82, 2.24) is 29.4 Å². The Morgan fingerprint density at radius 3 is 2.55 bits per heavy atom. The molecule has 1 aliphatic carbocycles. The van der Waals surface area contributed by atoms with Gasteiger partial charge in [0.2, 0.25) is 0 Å². The van der Waals surface area contributed by atoms with E-state index in [0.717, 1.165) is 64.3 Å². The van der Waals surface area contributed by atoms with Crippen molar-refractivity contribution < 1.29 is 0 Å². The van der Waals surface area contributed by atoms with Crippen LogP contribution in [0.4, 0.5) is 0 Å². The Morgan fingerprint density at radius 1 is 0.862 bits per heavy atom. The number of fused-ring (bicyclic) bond motifs is 2. The third kappa shape index (κ3) is 4.16. The largest absolute Gasteiger partial charge is 0.299 e. The molecule has 3 aliphatic rings. The van der Waals surface area contributed by atoms with Gasteiger partial charge in [-0.2, -0.15) is 10.2 Å². The van der Waals surface area contributed by atoms with Gasteiger partial charge in [-0.3, -0.25) is 19.3 Å². The van der Waals surface area contributed by atoms with Crippen molar-refractivity contribution >= 4 is 0 Å². The zero-order chi connectivity index (χ0) is 19.6. The Morgan fingerprint density at radius 2 is 1.66 bits per heavy atom. The fraction of sp³-hybridized carbons (Fsp3) is 0.682. The molecule has 7 nitrogen and oxygen atoms in total. The summed E-state index contributed by atoms with van der Waals surface area (Å²) in [6.45, 7) is 7.99. The zero-order valence-corrected chi connectivity index (χ0v) is 17.4. The average molecular weight is 397 g/mol. The van der Waals surface area contributed by atoms with Gasteiger partial charge in [-0.25, -0.2) is 4.68 Å². The molecule has 7 heteroatoms. The number of hydrogen-bond acceptors (Lipinski definition) is 5. The minimum absolute atomic E-state index is 0.0651. The van der Waals surface area contributed by atoms with E-state index >= 15 is 0 Å². The molecular weight excluding hydrogens is 364 g/mol. The maximum absolute atomic E-state index is 12.4. The summed E-state index contributed by atoms with van der Waals surface area (Å²) in [7, 11) is 0. The van der Waals surface area contributed by atoms with Gasteiger partial charge < -0.3 is 0 Å². The highest BCUT2D eigenvalue weighted by molar-refractivity contribution is 5.20. The van der Waals surface area contributed by atoms with Crippen LogP contribution in [0, 0.1) is 0 Å². The molecule has 1 fully saturated rings. The fourth-order valence-electron chi connectivity index (χ4n) is 5.03. The monoisotopic (exact) mass is 396 g/mol. The number of piperazine rings is 1. The maximum atomic E-state index is 12.4. The molecule has 2 aromatic heterocycles. The van der Waals surface area contributed by atoms with Crippen LogP contribution in [0.5, 0.6) is 0 Å². The van der Waals surface area contributed by atoms with E-state index in [1.807, 2.05) is 6.07 Å². The van der Waals surface area contributed by atoms with Gasteiger partial charge in [-0.1, -0.05) is 0 Å². The second kappa shape index (κ2) is 8.40. The van der Waals surface area contributed by atoms with Gasteiger partial charge in [0.25, 0.3) is 5.56 Å². The minimum atomic E-state index is 0.0651. The Hall–Kier alpha value is -1.99. The third-order valence-corrected chi connectivity index (χ3v) is 6.83. The van der Waals surface area contributed by atoms with E-state index in [1.165, 1.54) is 48.9 Å². The normalized spacial score (nSPS) is 20.4. The zero-order valence-electron chi connectivity index (χ0n) is 17.4. The Kier molecular flexibility index (Phi) is 5.50. The Balaban J connectivity index is 1.13. The predicted molar refractivity (Wildman–Crippen MR) is 112 cm³/mol. The van der Waals surface area contributed by atoms with Crippen LogP contribution in [0.3, 0.4) is 0 Å². The van der Waals surface area contributed by atoms with Crippen LogP contribution < -0.4 is 5.56 Å². The highest BCUT2D eigenvalue weighted by atomic mass is 16.1. The molecule has 0 spiro atoms. The summed E-state index contributed by atoms with van der Waals surface area (Å²) >= 11 is 0. The lowest BCUT2D eigenvalue weighted by Crippen LogP contribution is -2.47. The first-order chi connectivity index (χ1) is 14.3. The quantitative estimate of drug-likeness (QED) is 0.766. The number of nitrogens with zero attached hydrogens (tertiary/aromatic N) is 6. The van der Waals surface area contributed by atoms with Gasteiger partial charge in [0.1, 0.15) is 0 Å². The molecule has 0 atom stereocenters. The van der Waals surface area contributed by atoms with E-state index in [0.29, 0.717) is 6.54 Å². The highest BCUT2D eigenvalue weighted by Gasteiger charge is 2.21. The molecule has 0 N–H and O–H groups in total. The van der Waals surface area contributed by atoms with Crippen LogP contribution in [0.15, 0.2) is 17.1 Å². The van der Waals surface area contributed by atoms with E-state index in [2.05, 4.69) is 30.9 Å². The van der Waals surface area contributed by atoms with E-state index in [4.69, 9.17) is 0 Å². The molecule has 2 aromatic rings. The molecule has 0 saturated carbocycles. The van der Waals surface area contributed by atoms with Gasteiger partial charge in [0, 0.05) is 63.1 Å². The molecule has 4 heterocycles. The van der Waals surface area contributed by atoms with Crippen molar-refractivity contribution in [2.45, 2.75) is 64.6 Å². The smallest absolute Gasteiger partial charge is 0.267 e. The van der Waals surface area contributed by atoms with E-state index < -0.39 is 0 Å². The van der Waals surface area contributed by atoms with E-state index in [9.17, 15) is 4.79 Å². The summed E-state index contributed by atoms with van der Waals surface area (Å²) in [5, 5.41) is 9.24. The van der Waals surface area contributed by atoms with Gasteiger partial charge in [-0.15, -0.1) is 0 Å². The van der Waals surface area contributed by atoms with Crippen LogP contribution in [-0.4, -0.2) is 62.1 Å². The van der Waals surface area contributed by atoms with Crippen LogP contribution in [-0.2, 0) is 38.9 Å². The van der Waals surface area contributed by atoms with E-state index in [1.54, 1.807) is 4.68 Å². The summed E-state index contributed by atoms with van der Waals surface area (Å²) in [6, 6.07) is 1.83. The summed E-state index contributed by atoms with van der Waals surface area (Å²) < 4.78 is 3.90. The van der Waals surface area contributed by atoms with Crippen molar-refractivity contribution in [3.8, 4) is 0 Å². The summed E-state index contributed by atoms with van der Waals surface area (Å²) in [6.07, 6.45) is 10.2. The van der Waals surface area contributed by atoms with Crippen molar-refractivity contribution in [3.05, 3.63) is 45.1 Å². The molecule has 0 bridgehead atoms. The predicted octanol–water partition coefficient (Wildman–Crippen LogP) is 1.47. The summed E-state index contributed by atoms with van der Waals surface area (Å²) in [5.74, 6) is 0. The first-order valence-electron chi connectivity index (χ1n) is 11.3. The van der Waals surface area contributed by atoms with Crippen molar-refractivity contribution in [3.63, 3.8) is 0 Å². The van der Waals surface area contributed by atoms with Crippen LogP contribution in [0.2, 0.25) is 0 Å². The standard InChI is InChI=1S/C22H32N6O/c29-22-15-18-5-1-2-6-20(18)24-28(22)14-13-25-9-11-26(12-10-25)17-19-16-23-27-8-4-3-7-21(19)27/h15-16H,1-14,17H2. The minimum Gasteiger partial charge on any atom is -0.299 e. The molecule has 0 radical (unpaired) electrons. The highest BCUT2D eigenvalue weighted by Crippen LogP contribution is 2.20. The van der Waals surface area contributed by atoms with Crippen molar-refractivity contribution in [2.75, 3.05) is 32.7 Å². The third-order valence-electron chi connectivity index (χ3n) is 6.83. The molecule has 0 unspecified atom stereocenters. The van der Waals surface area contributed by atoms with Crippen LogP contribution in [0.25, 0.3) is 0 Å². The summed E-state index contributed by atoms with van der Waals surface area (Å²) in [5.41, 5.74) is 5.26. The number of hydrogen-bond donors (Lipinski definition) is 0. The Labute approximate surface area is 172 Å². The van der Waals surface area contributed by atoms with Crippen LogP contribution >= 0.6 is 0 Å². The van der Waals surface area contributed by atoms with Crippen molar-refractivity contribution in [1.29, 1.82) is 0 Å². The van der Waals surface area contributed by atoms with Gasteiger partial charge in [0.15, 0.2) is 0 Å². The number of rotatable bonds is 5. The van der Waals surface area contributed by atoms with Gasteiger partial charge >= 0.3 is 0 Å². The van der Waals surface area contributed by atoms with Crippen molar-refractivity contribution in [2.24, 2.45) is 0 Å². The first kappa shape index (κ1) is 19.0. The van der Waals surface area contributed by atoms with E-state index in [-0.39, 0.29) is 5.56 Å². The lowest BCUT2D eigenvalue weighted by Gasteiger charge is -2.34. The number of aryl methyl sites for hydroxylation is 3. The van der Waals surface area contributed by atoms with Crippen LogP contribution in [0.1, 0.15) is 48.2 Å². The molecule has 0 amide bonds. The van der Waals surface area contributed by atoms with Gasteiger partial charge in [0.05, 0.1) is 18.4 Å². The molecule has 29 heavy (non-hydrogen) atoms. The second-order valence-electron chi connectivity index (χ2n) is 8.80. The fourth-order valence-corrected chi connectivity index (χ4v) is 5.03. The average Bonchev–Trinajstić information content (AvgIpc) is 3.16. The lowest BCUT2D eigenvalue weighted by molar-refractivity contribution is 0.122. The summed E-state index contributed by atoms with van der Waals surface area (Å²) in [4.78, 5) is 17.4. The molecule has 1 saturated heterocycles. The van der Waals surface area contributed by atoms with Gasteiger partial charge in [-0.05, 0) is 50.5 Å². The molecular formula is C22H32N6O. The Bertz CT molecular complexity index is 909. The molecule has 2 aliphatic heterocycles. The number of aromatic nitrogens is 4. The second-order valence-corrected chi connectivity index (χ2v) is 8.80. The maximum Gasteiger partial charge on any atom is 0.267 e. The SMILES string of the molecule is O=c1cc2c(nn1CCN1CCN(Cc3cnn4c3CCCC4)CC1)CCCC2. The topological polar surface area (TPSA) is 59.2 Å². The lowest BCUT2D eigenvalue weighted by atomic mass is 9.97. The molecule has 156 valence electrons. The molecule has 0 aromatic carbocycles.